The van der Waals surface area contributed by atoms with Crippen LogP contribution in [0, 0.1) is 13.8 Å². The molecule has 1 atom stereocenters. The highest BCUT2D eigenvalue weighted by molar-refractivity contribution is 7.12. The minimum atomic E-state index is 0.287. The van der Waals surface area contributed by atoms with Crippen molar-refractivity contribution < 1.29 is 4.74 Å². The summed E-state index contributed by atoms with van der Waals surface area (Å²) in [6, 6.07) is 2.25. The molecule has 0 saturated carbocycles. The first kappa shape index (κ1) is 11.7. The fourth-order valence-corrected chi connectivity index (χ4v) is 2.30. The molecule has 0 spiro atoms. The van der Waals surface area contributed by atoms with Crippen molar-refractivity contribution in [2.75, 3.05) is 13.7 Å². The second-order valence-electron chi connectivity index (χ2n) is 3.62. The predicted octanol–water partition coefficient (Wildman–Crippen LogP) is 2.49. The second kappa shape index (κ2) is 5.49. The molecule has 0 aliphatic carbocycles. The molecule has 3 heteroatoms. The molecule has 0 aliphatic heterocycles. The lowest BCUT2D eigenvalue weighted by Crippen LogP contribution is -2.25. The third-order valence-corrected chi connectivity index (χ3v) is 3.30. The molecule has 1 aromatic heterocycles. The summed E-state index contributed by atoms with van der Waals surface area (Å²) in [5.41, 5.74) is 1.41. The topological polar surface area (TPSA) is 21.3 Å². The van der Waals surface area contributed by atoms with Gasteiger partial charge in [0.2, 0.25) is 0 Å². The van der Waals surface area contributed by atoms with E-state index < -0.39 is 0 Å². The molecule has 0 aliphatic rings. The lowest BCUT2D eigenvalue weighted by atomic mass is 10.2. The van der Waals surface area contributed by atoms with Crippen LogP contribution >= 0.6 is 11.3 Å². The Bertz CT molecular complexity index is 283. The molecule has 80 valence electrons. The number of thiophene rings is 1. The summed E-state index contributed by atoms with van der Waals surface area (Å²) >= 11 is 1.86. The molecule has 0 aromatic carbocycles. The molecular weight excluding hydrogens is 194 g/mol. The van der Waals surface area contributed by atoms with Crippen LogP contribution in [0.25, 0.3) is 0 Å². The van der Waals surface area contributed by atoms with E-state index in [2.05, 4.69) is 32.2 Å². The average Bonchev–Trinajstić information content (AvgIpc) is 2.45. The number of nitrogens with one attached hydrogen (secondary N) is 1. The van der Waals surface area contributed by atoms with Gasteiger partial charge in [-0.1, -0.05) is 0 Å². The Kier molecular flexibility index (Phi) is 4.58. The van der Waals surface area contributed by atoms with Crippen molar-refractivity contribution in [3.8, 4) is 0 Å². The Labute approximate surface area is 90.3 Å². The third-order valence-electron chi connectivity index (χ3n) is 2.29. The standard InChI is InChI=1S/C11H19NOS/c1-8(13-4)6-12-7-11-5-9(2)14-10(11)3/h5,8,12H,6-7H2,1-4H3. The first-order valence-corrected chi connectivity index (χ1v) is 5.74. The van der Waals surface area contributed by atoms with Crippen molar-refractivity contribution in [2.45, 2.75) is 33.4 Å². The molecule has 2 nitrogen and oxygen atoms in total. The maximum atomic E-state index is 5.16. The Balaban J connectivity index is 2.34. The highest BCUT2D eigenvalue weighted by Gasteiger charge is 2.03. The van der Waals surface area contributed by atoms with Gasteiger partial charge in [0.1, 0.15) is 0 Å². The number of rotatable bonds is 5. The fraction of sp³-hybridized carbons (Fsp3) is 0.636. The van der Waals surface area contributed by atoms with E-state index in [0.29, 0.717) is 0 Å². The molecule has 0 fully saturated rings. The van der Waals surface area contributed by atoms with Crippen molar-refractivity contribution in [3.05, 3.63) is 21.4 Å². The van der Waals surface area contributed by atoms with Crippen molar-refractivity contribution in [1.82, 2.24) is 5.32 Å². The van der Waals surface area contributed by atoms with Gasteiger partial charge in [-0.2, -0.15) is 0 Å². The maximum Gasteiger partial charge on any atom is 0.0667 e. The van der Waals surface area contributed by atoms with E-state index in [4.69, 9.17) is 4.74 Å². The minimum absolute atomic E-state index is 0.287. The molecule has 0 radical (unpaired) electrons. The van der Waals surface area contributed by atoms with Crippen LogP contribution in [0.4, 0.5) is 0 Å². The Hall–Kier alpha value is -0.380. The quantitative estimate of drug-likeness (QED) is 0.811. The number of aryl methyl sites for hydroxylation is 2. The predicted molar refractivity (Wildman–Crippen MR) is 62.0 cm³/mol. The van der Waals surface area contributed by atoms with E-state index in [1.54, 1.807) is 7.11 Å². The number of methoxy groups -OCH3 is 1. The van der Waals surface area contributed by atoms with E-state index in [9.17, 15) is 0 Å². The highest BCUT2D eigenvalue weighted by Crippen LogP contribution is 2.20. The summed E-state index contributed by atoms with van der Waals surface area (Å²) in [6.45, 7) is 8.25. The lowest BCUT2D eigenvalue weighted by Gasteiger charge is -2.10. The van der Waals surface area contributed by atoms with Gasteiger partial charge in [-0.25, -0.2) is 0 Å². The first-order valence-electron chi connectivity index (χ1n) is 4.93. The fourth-order valence-electron chi connectivity index (χ4n) is 1.35. The summed E-state index contributed by atoms with van der Waals surface area (Å²) in [7, 11) is 1.74. The normalized spacial score (nSPS) is 13.1. The van der Waals surface area contributed by atoms with E-state index in [-0.39, 0.29) is 6.10 Å². The largest absolute Gasteiger partial charge is 0.380 e. The van der Waals surface area contributed by atoms with E-state index in [0.717, 1.165) is 13.1 Å². The van der Waals surface area contributed by atoms with Crippen molar-refractivity contribution in [1.29, 1.82) is 0 Å². The van der Waals surface area contributed by atoms with Crippen molar-refractivity contribution >= 4 is 11.3 Å². The smallest absolute Gasteiger partial charge is 0.0667 e. The maximum absolute atomic E-state index is 5.16. The van der Waals surface area contributed by atoms with E-state index in [1.807, 2.05) is 11.3 Å². The summed E-state index contributed by atoms with van der Waals surface area (Å²) in [5.74, 6) is 0. The molecule has 1 N–H and O–H groups in total. The number of hydrogen-bond acceptors (Lipinski definition) is 3. The van der Waals surface area contributed by atoms with Gasteiger partial charge in [-0.15, -0.1) is 11.3 Å². The van der Waals surface area contributed by atoms with Crippen LogP contribution in [-0.2, 0) is 11.3 Å². The van der Waals surface area contributed by atoms with Crippen LogP contribution in [0.2, 0.25) is 0 Å². The molecule has 0 amide bonds. The van der Waals surface area contributed by atoms with E-state index >= 15 is 0 Å². The number of hydrogen-bond donors (Lipinski definition) is 1. The summed E-state index contributed by atoms with van der Waals surface area (Å²) < 4.78 is 5.16. The zero-order chi connectivity index (χ0) is 10.6. The molecule has 0 bridgehead atoms. The van der Waals surface area contributed by atoms with Crippen LogP contribution in [0.5, 0.6) is 0 Å². The SMILES string of the molecule is COC(C)CNCc1cc(C)sc1C. The van der Waals surface area contributed by atoms with Crippen LogP contribution in [0.1, 0.15) is 22.2 Å². The van der Waals surface area contributed by atoms with Crippen LogP contribution in [-0.4, -0.2) is 19.8 Å². The molecule has 1 aromatic rings. The summed E-state index contributed by atoms with van der Waals surface area (Å²) in [6.07, 6.45) is 0.287. The van der Waals surface area contributed by atoms with Gasteiger partial charge in [0.05, 0.1) is 6.10 Å². The van der Waals surface area contributed by atoms with Gasteiger partial charge in [-0.3, -0.25) is 0 Å². The summed E-state index contributed by atoms with van der Waals surface area (Å²) in [5, 5.41) is 3.39. The van der Waals surface area contributed by atoms with Crippen LogP contribution in [0.15, 0.2) is 6.07 Å². The first-order chi connectivity index (χ1) is 6.63. The van der Waals surface area contributed by atoms with Gasteiger partial charge >= 0.3 is 0 Å². The van der Waals surface area contributed by atoms with Gasteiger partial charge in [0, 0.05) is 30.0 Å². The molecule has 1 unspecified atom stereocenters. The zero-order valence-corrected chi connectivity index (χ0v) is 10.2. The van der Waals surface area contributed by atoms with Crippen molar-refractivity contribution in [2.24, 2.45) is 0 Å². The average molecular weight is 213 g/mol. The minimum Gasteiger partial charge on any atom is -0.380 e. The second-order valence-corrected chi connectivity index (χ2v) is 5.08. The van der Waals surface area contributed by atoms with Gasteiger partial charge in [0.25, 0.3) is 0 Å². The molecule has 14 heavy (non-hydrogen) atoms. The molecule has 1 heterocycles. The lowest BCUT2D eigenvalue weighted by molar-refractivity contribution is 0.117. The van der Waals surface area contributed by atoms with Crippen molar-refractivity contribution in [3.63, 3.8) is 0 Å². The van der Waals surface area contributed by atoms with Gasteiger partial charge in [-0.05, 0) is 32.4 Å². The highest BCUT2D eigenvalue weighted by atomic mass is 32.1. The molecule has 0 saturated heterocycles. The van der Waals surface area contributed by atoms with Crippen LogP contribution < -0.4 is 5.32 Å². The van der Waals surface area contributed by atoms with Gasteiger partial charge < -0.3 is 10.1 Å². The Morgan fingerprint density at radius 3 is 2.71 bits per heavy atom. The number of ether oxygens (including phenoxy) is 1. The van der Waals surface area contributed by atoms with Gasteiger partial charge in [0.15, 0.2) is 0 Å². The molecule has 1 rings (SSSR count). The zero-order valence-electron chi connectivity index (χ0n) is 9.39. The third kappa shape index (κ3) is 3.40. The van der Waals surface area contributed by atoms with E-state index in [1.165, 1.54) is 15.3 Å². The monoisotopic (exact) mass is 213 g/mol. The van der Waals surface area contributed by atoms with Crippen LogP contribution in [0.3, 0.4) is 0 Å². The summed E-state index contributed by atoms with van der Waals surface area (Å²) in [4.78, 5) is 2.80. The Morgan fingerprint density at radius 1 is 1.50 bits per heavy atom. The Morgan fingerprint density at radius 2 is 2.21 bits per heavy atom. The molecular formula is C11H19NOS.